The molecular formula is C20H20FN3O3. The van der Waals surface area contributed by atoms with E-state index in [1.54, 1.807) is 12.1 Å². The minimum Gasteiger partial charge on any atom is -0.381 e. The van der Waals surface area contributed by atoms with Gasteiger partial charge in [-0.2, -0.15) is 0 Å². The standard InChI is InChI=1S/C20H20FN3O3/c1-12(25)13-6-7-17(21)14(8-13)9-23-18-5-3-4-15-16(18)10-24(20(15)27)11-19(26)22-2/h3-8,23H,9-11H2,1-2H3,(H,22,26). The number of carbonyl (C=O) groups excluding carboxylic acids is 3. The van der Waals surface area contributed by atoms with Crippen LogP contribution in [0.4, 0.5) is 10.1 Å². The summed E-state index contributed by atoms with van der Waals surface area (Å²) >= 11 is 0. The monoisotopic (exact) mass is 369 g/mol. The van der Waals surface area contributed by atoms with Crippen LogP contribution >= 0.6 is 0 Å². The number of nitrogens with one attached hydrogen (secondary N) is 2. The quantitative estimate of drug-likeness (QED) is 0.766. The Labute approximate surface area is 156 Å². The predicted octanol–water partition coefficient (Wildman–Crippen LogP) is 2.34. The maximum atomic E-state index is 14.1. The summed E-state index contributed by atoms with van der Waals surface area (Å²) in [5.41, 5.74) is 2.81. The zero-order valence-electron chi connectivity index (χ0n) is 15.1. The van der Waals surface area contributed by atoms with Crippen LogP contribution in [0.2, 0.25) is 0 Å². The van der Waals surface area contributed by atoms with E-state index in [9.17, 15) is 18.8 Å². The fourth-order valence-corrected chi connectivity index (χ4v) is 3.06. The van der Waals surface area contributed by atoms with E-state index in [0.717, 1.165) is 5.56 Å². The summed E-state index contributed by atoms with van der Waals surface area (Å²) in [6.45, 7) is 1.90. The molecule has 1 aliphatic rings. The zero-order valence-corrected chi connectivity index (χ0v) is 15.1. The first-order valence-corrected chi connectivity index (χ1v) is 8.55. The molecule has 0 aliphatic carbocycles. The Hall–Kier alpha value is -3.22. The zero-order chi connectivity index (χ0) is 19.6. The molecule has 6 nitrogen and oxygen atoms in total. The van der Waals surface area contributed by atoms with Gasteiger partial charge in [-0.25, -0.2) is 4.39 Å². The molecule has 0 radical (unpaired) electrons. The molecule has 2 amide bonds. The van der Waals surface area contributed by atoms with Crippen molar-refractivity contribution in [2.45, 2.75) is 20.0 Å². The van der Waals surface area contributed by atoms with Crippen LogP contribution in [0, 0.1) is 5.82 Å². The normalized spacial score (nSPS) is 12.7. The summed E-state index contributed by atoms with van der Waals surface area (Å²) in [5, 5.41) is 5.65. The molecule has 140 valence electrons. The van der Waals surface area contributed by atoms with Gasteiger partial charge in [0.05, 0.1) is 0 Å². The Morgan fingerprint density at radius 3 is 2.70 bits per heavy atom. The molecule has 2 aromatic carbocycles. The number of nitrogens with zero attached hydrogens (tertiary/aromatic N) is 1. The Kier molecular flexibility index (Phi) is 5.21. The summed E-state index contributed by atoms with van der Waals surface area (Å²) < 4.78 is 14.1. The number of Topliss-reactive ketones (excluding diaryl/α,β-unsaturated/α-hetero) is 1. The number of hydrogen-bond donors (Lipinski definition) is 2. The number of halogens is 1. The molecule has 3 rings (SSSR count). The SMILES string of the molecule is CNC(=O)CN1Cc2c(NCc3cc(C(C)=O)ccc3F)cccc2C1=O. The molecule has 0 saturated carbocycles. The largest absolute Gasteiger partial charge is 0.381 e. The van der Waals surface area contributed by atoms with Crippen LogP contribution in [0.3, 0.4) is 0 Å². The van der Waals surface area contributed by atoms with Gasteiger partial charge < -0.3 is 15.5 Å². The lowest BCUT2D eigenvalue weighted by molar-refractivity contribution is -0.121. The van der Waals surface area contributed by atoms with Crippen molar-refractivity contribution in [3.05, 3.63) is 64.5 Å². The van der Waals surface area contributed by atoms with E-state index in [1.165, 1.54) is 37.1 Å². The van der Waals surface area contributed by atoms with E-state index in [2.05, 4.69) is 10.6 Å². The molecule has 0 bridgehead atoms. The minimum atomic E-state index is -0.405. The molecule has 27 heavy (non-hydrogen) atoms. The van der Waals surface area contributed by atoms with E-state index in [1.807, 2.05) is 6.07 Å². The van der Waals surface area contributed by atoms with Gasteiger partial charge in [0.25, 0.3) is 5.91 Å². The lowest BCUT2D eigenvalue weighted by Crippen LogP contribution is -2.35. The fourth-order valence-electron chi connectivity index (χ4n) is 3.06. The average molecular weight is 369 g/mol. The number of ketones is 1. The highest BCUT2D eigenvalue weighted by Crippen LogP contribution is 2.29. The van der Waals surface area contributed by atoms with Crippen LogP contribution in [0.15, 0.2) is 36.4 Å². The van der Waals surface area contributed by atoms with Gasteiger partial charge in [-0.1, -0.05) is 6.07 Å². The molecule has 0 unspecified atom stereocenters. The first-order valence-electron chi connectivity index (χ1n) is 8.55. The number of benzene rings is 2. The van der Waals surface area contributed by atoms with E-state index >= 15 is 0 Å². The molecule has 2 N–H and O–H groups in total. The van der Waals surface area contributed by atoms with Crippen molar-refractivity contribution in [3.8, 4) is 0 Å². The number of hydrogen-bond acceptors (Lipinski definition) is 4. The van der Waals surface area contributed by atoms with Gasteiger partial charge in [-0.3, -0.25) is 14.4 Å². The lowest BCUT2D eigenvalue weighted by Gasteiger charge is -2.15. The van der Waals surface area contributed by atoms with Crippen molar-refractivity contribution < 1.29 is 18.8 Å². The first-order chi connectivity index (χ1) is 12.9. The van der Waals surface area contributed by atoms with E-state index in [0.29, 0.717) is 28.9 Å². The molecule has 0 aromatic heterocycles. The van der Waals surface area contributed by atoms with Gasteiger partial charge in [0.1, 0.15) is 12.4 Å². The molecule has 1 heterocycles. The van der Waals surface area contributed by atoms with Crippen LogP contribution in [0.1, 0.15) is 38.8 Å². The third-order valence-corrected chi connectivity index (χ3v) is 4.58. The lowest BCUT2D eigenvalue weighted by atomic mass is 10.1. The van der Waals surface area contributed by atoms with E-state index in [4.69, 9.17) is 0 Å². The number of likely N-dealkylation sites (N-methyl/N-ethyl adjacent to an activating group) is 1. The van der Waals surface area contributed by atoms with Gasteiger partial charge in [0.2, 0.25) is 5.91 Å². The van der Waals surface area contributed by atoms with E-state index in [-0.39, 0.29) is 30.7 Å². The van der Waals surface area contributed by atoms with Crippen LogP contribution in [-0.4, -0.2) is 36.1 Å². The Balaban J connectivity index is 1.80. The summed E-state index contributed by atoms with van der Waals surface area (Å²) in [6, 6.07) is 9.52. The number of fused-ring (bicyclic) bond motifs is 1. The Morgan fingerprint density at radius 1 is 1.22 bits per heavy atom. The second-order valence-electron chi connectivity index (χ2n) is 6.38. The summed E-state index contributed by atoms with van der Waals surface area (Å²) in [4.78, 5) is 37.0. The Bertz CT molecular complexity index is 927. The average Bonchev–Trinajstić information content (AvgIpc) is 2.97. The van der Waals surface area contributed by atoms with Gasteiger partial charge >= 0.3 is 0 Å². The molecule has 0 saturated heterocycles. The molecular weight excluding hydrogens is 349 g/mol. The van der Waals surface area contributed by atoms with Crippen molar-refractivity contribution in [2.75, 3.05) is 18.9 Å². The van der Waals surface area contributed by atoms with Crippen molar-refractivity contribution in [2.24, 2.45) is 0 Å². The number of carbonyl (C=O) groups is 3. The third-order valence-electron chi connectivity index (χ3n) is 4.58. The van der Waals surface area contributed by atoms with Crippen LogP contribution in [-0.2, 0) is 17.9 Å². The second-order valence-corrected chi connectivity index (χ2v) is 6.38. The number of amides is 2. The summed E-state index contributed by atoms with van der Waals surface area (Å²) in [5.74, 6) is -0.986. The number of anilines is 1. The predicted molar refractivity (Wildman–Crippen MR) is 99.0 cm³/mol. The van der Waals surface area contributed by atoms with Crippen LogP contribution in [0.5, 0.6) is 0 Å². The molecule has 0 atom stereocenters. The molecule has 0 spiro atoms. The first kappa shape index (κ1) is 18.6. The van der Waals surface area contributed by atoms with Crippen molar-refractivity contribution in [3.63, 3.8) is 0 Å². The smallest absolute Gasteiger partial charge is 0.255 e. The topological polar surface area (TPSA) is 78.5 Å². The van der Waals surface area contributed by atoms with Gasteiger partial charge in [0, 0.05) is 48.1 Å². The van der Waals surface area contributed by atoms with Crippen LogP contribution in [0.25, 0.3) is 0 Å². The highest BCUT2D eigenvalue weighted by molar-refractivity contribution is 6.01. The van der Waals surface area contributed by atoms with Crippen molar-refractivity contribution in [1.82, 2.24) is 10.2 Å². The third kappa shape index (κ3) is 3.81. The van der Waals surface area contributed by atoms with Gasteiger partial charge in [-0.05, 0) is 37.3 Å². The highest BCUT2D eigenvalue weighted by Gasteiger charge is 2.30. The fraction of sp³-hybridized carbons (Fsp3) is 0.250. The molecule has 2 aromatic rings. The van der Waals surface area contributed by atoms with Crippen molar-refractivity contribution >= 4 is 23.3 Å². The van der Waals surface area contributed by atoms with E-state index < -0.39 is 5.82 Å². The van der Waals surface area contributed by atoms with Crippen LogP contribution < -0.4 is 10.6 Å². The maximum Gasteiger partial charge on any atom is 0.255 e. The molecule has 7 heteroatoms. The molecule has 0 fully saturated rings. The Morgan fingerprint density at radius 2 is 2.00 bits per heavy atom. The summed E-state index contributed by atoms with van der Waals surface area (Å²) in [7, 11) is 1.52. The second kappa shape index (κ2) is 7.57. The minimum absolute atomic E-state index is 0.0151. The van der Waals surface area contributed by atoms with Crippen molar-refractivity contribution in [1.29, 1.82) is 0 Å². The molecule has 1 aliphatic heterocycles. The highest BCUT2D eigenvalue weighted by atomic mass is 19.1. The number of rotatable bonds is 6. The summed E-state index contributed by atoms with van der Waals surface area (Å²) in [6.07, 6.45) is 0. The maximum absolute atomic E-state index is 14.1. The van der Waals surface area contributed by atoms with Gasteiger partial charge in [-0.15, -0.1) is 0 Å². The van der Waals surface area contributed by atoms with Gasteiger partial charge in [0.15, 0.2) is 5.78 Å².